The van der Waals surface area contributed by atoms with Gasteiger partial charge in [0, 0.05) is 18.3 Å². The first-order valence-corrected chi connectivity index (χ1v) is 14.5. The van der Waals surface area contributed by atoms with Crippen LogP contribution in [-0.2, 0) is 21.6 Å². The maximum Gasteiger partial charge on any atom is 0.349 e. The van der Waals surface area contributed by atoms with Gasteiger partial charge >= 0.3 is 5.97 Å². The second-order valence-corrected chi connectivity index (χ2v) is 12.7. The number of quaternary nitrogens is 1. The smallest absolute Gasteiger partial charge is 0.349 e. The maximum absolute atomic E-state index is 13.6. The number of unbranched alkanes of at least 4 members (excludes halogenated alkanes) is 1. The summed E-state index contributed by atoms with van der Waals surface area (Å²) in [5, 5.41) is 15.5. The van der Waals surface area contributed by atoms with E-state index >= 15 is 0 Å². The molecule has 2 aliphatic carbocycles. The van der Waals surface area contributed by atoms with Crippen LogP contribution in [0.4, 0.5) is 0 Å². The molecule has 2 saturated carbocycles. The average molecular weight is 591 g/mol. The fraction of sp³-hybridized carbons (Fsp3) is 0.483. The number of carbonyl (C=O) groups excluding carboxylic acids is 1. The van der Waals surface area contributed by atoms with Gasteiger partial charge < -0.3 is 31.3 Å². The topological polar surface area (TPSA) is 46.5 Å². The van der Waals surface area contributed by atoms with E-state index in [9.17, 15) is 9.90 Å². The van der Waals surface area contributed by atoms with Gasteiger partial charge in [-0.25, -0.2) is 4.79 Å². The van der Waals surface area contributed by atoms with Crippen LogP contribution < -0.4 is 17.0 Å². The third-order valence-corrected chi connectivity index (χ3v) is 10.2. The third kappa shape index (κ3) is 5.37. The Labute approximate surface area is 233 Å². The van der Waals surface area contributed by atoms with Crippen LogP contribution in [0.5, 0.6) is 0 Å². The van der Waals surface area contributed by atoms with Crippen molar-refractivity contribution in [3.63, 3.8) is 0 Å². The van der Waals surface area contributed by atoms with Crippen molar-refractivity contribution in [3.8, 4) is 0 Å². The van der Waals surface area contributed by atoms with E-state index in [-0.39, 0.29) is 23.1 Å². The van der Waals surface area contributed by atoms with E-state index in [1.165, 1.54) is 41.1 Å². The third-order valence-electron chi connectivity index (χ3n) is 8.28. The quantitative estimate of drug-likeness (QED) is 0.225. The zero-order valence-corrected chi connectivity index (χ0v) is 24.2. The van der Waals surface area contributed by atoms with Gasteiger partial charge in [-0.15, -0.1) is 22.7 Å². The minimum Gasteiger partial charge on any atom is -1.00 e. The number of ether oxygens (including phenoxy) is 1. The molecule has 2 aromatic heterocycles. The van der Waals surface area contributed by atoms with E-state index in [0.717, 1.165) is 36.7 Å². The van der Waals surface area contributed by atoms with Gasteiger partial charge in [-0.3, -0.25) is 0 Å². The summed E-state index contributed by atoms with van der Waals surface area (Å²) < 4.78 is 7.21. The van der Waals surface area contributed by atoms with Crippen molar-refractivity contribution in [1.29, 1.82) is 0 Å². The van der Waals surface area contributed by atoms with Crippen molar-refractivity contribution < 1.29 is 36.1 Å². The predicted octanol–water partition coefficient (Wildman–Crippen LogP) is 2.86. The molecule has 2 fully saturated rings. The van der Waals surface area contributed by atoms with Crippen LogP contribution in [0.2, 0.25) is 0 Å². The molecule has 1 aromatic carbocycles. The summed E-state index contributed by atoms with van der Waals surface area (Å²) in [5.41, 5.74) is -0.310. The summed E-state index contributed by atoms with van der Waals surface area (Å²) >= 11 is 2.80. The Morgan fingerprint density at radius 1 is 1.00 bits per heavy atom. The molecular formula is C29H36BrNO3S2. The Balaban J connectivity index is 0.00000304. The molecule has 7 heteroatoms. The van der Waals surface area contributed by atoms with Crippen molar-refractivity contribution >= 4 is 28.6 Å². The number of fused-ring (bicyclic) bond motifs is 2. The first-order valence-electron chi connectivity index (χ1n) is 12.8. The number of halogens is 1. The normalized spacial score (nSPS) is 23.4. The Morgan fingerprint density at radius 3 is 2.28 bits per heavy atom. The largest absolute Gasteiger partial charge is 1.00 e. The number of carbonyl (C=O) groups is 1. The monoisotopic (exact) mass is 589 g/mol. The molecule has 0 amide bonds. The summed E-state index contributed by atoms with van der Waals surface area (Å²) in [7, 11) is 4.70. The van der Waals surface area contributed by atoms with E-state index in [0.29, 0.717) is 27.6 Å². The lowest BCUT2D eigenvalue weighted by molar-refractivity contribution is -0.918. The minimum absolute atomic E-state index is 0. The first kappa shape index (κ1) is 27.5. The van der Waals surface area contributed by atoms with Gasteiger partial charge in [0.25, 0.3) is 0 Å². The fourth-order valence-electron chi connectivity index (χ4n) is 6.38. The van der Waals surface area contributed by atoms with Gasteiger partial charge in [0.05, 0.1) is 36.4 Å². The molecule has 2 bridgehead atoms. The van der Waals surface area contributed by atoms with Crippen LogP contribution >= 0.6 is 22.7 Å². The second-order valence-electron chi connectivity index (χ2n) is 10.8. The fourth-order valence-corrected chi connectivity index (χ4v) is 8.09. The summed E-state index contributed by atoms with van der Waals surface area (Å²) in [6.45, 7) is 1.13. The van der Waals surface area contributed by atoms with Crippen LogP contribution in [0.25, 0.3) is 0 Å². The Hall–Kier alpha value is -1.51. The number of benzene rings is 1. The molecule has 4 unspecified atom stereocenters. The summed E-state index contributed by atoms with van der Waals surface area (Å²) in [4.78, 5) is 14.8. The number of esters is 1. The lowest BCUT2D eigenvalue weighted by Crippen LogP contribution is -3.00. The van der Waals surface area contributed by atoms with Crippen molar-refractivity contribution in [2.24, 2.45) is 11.8 Å². The number of rotatable bonds is 10. The van der Waals surface area contributed by atoms with E-state index in [1.807, 2.05) is 35.0 Å². The van der Waals surface area contributed by atoms with Crippen molar-refractivity contribution in [3.05, 3.63) is 80.7 Å². The predicted molar refractivity (Wildman–Crippen MR) is 142 cm³/mol. The molecule has 0 saturated heterocycles. The van der Waals surface area contributed by atoms with Crippen molar-refractivity contribution in [2.45, 2.75) is 56.3 Å². The summed E-state index contributed by atoms with van der Waals surface area (Å²) in [6.07, 6.45) is 6.74. The summed E-state index contributed by atoms with van der Waals surface area (Å²) in [6, 6.07) is 18.6. The molecule has 0 radical (unpaired) electrons. The number of hydrogen-bond acceptors (Lipinski definition) is 5. The number of nitrogens with zero attached hydrogens (tertiary/aromatic N) is 1. The highest BCUT2D eigenvalue weighted by atomic mass is 79.9. The van der Waals surface area contributed by atoms with Gasteiger partial charge in [0.15, 0.2) is 0 Å². The minimum atomic E-state index is -1.72. The highest BCUT2D eigenvalue weighted by molar-refractivity contribution is 7.12. The summed E-state index contributed by atoms with van der Waals surface area (Å²) in [5.74, 6) is 0.244. The van der Waals surface area contributed by atoms with Gasteiger partial charge in [-0.05, 0) is 60.6 Å². The highest BCUT2D eigenvalue weighted by Gasteiger charge is 2.57. The lowest BCUT2D eigenvalue weighted by Gasteiger charge is -2.40. The van der Waals surface area contributed by atoms with Crippen LogP contribution in [0, 0.1) is 11.8 Å². The molecule has 4 nitrogen and oxygen atoms in total. The van der Waals surface area contributed by atoms with Gasteiger partial charge in [0.1, 0.15) is 6.10 Å². The van der Waals surface area contributed by atoms with Crippen LogP contribution in [-0.4, -0.2) is 48.3 Å². The molecule has 4 atom stereocenters. The standard InChI is InChI=1S/C29H36NO3S2.BrH/c1-30(2,17-7-6-12-21-10-4-3-5-11-21)24-20-22-15-16-23(24)27(22)33-28(31)29(32,25-13-8-18-34-25)26-14-9-19-35-26;/h3-5,8-11,13-14,18-19,22-24,27,32H,6-7,12,15-17,20H2,1-2H3;1H/q+1;/p-1. The van der Waals surface area contributed by atoms with E-state index in [1.54, 1.807) is 0 Å². The van der Waals surface area contributed by atoms with Crippen LogP contribution in [0.1, 0.15) is 47.4 Å². The van der Waals surface area contributed by atoms with Gasteiger partial charge in [-0.1, -0.05) is 42.5 Å². The lowest BCUT2D eigenvalue weighted by atomic mass is 9.92. The molecule has 36 heavy (non-hydrogen) atoms. The van der Waals surface area contributed by atoms with Crippen molar-refractivity contribution in [1.82, 2.24) is 0 Å². The Morgan fingerprint density at radius 2 is 1.67 bits per heavy atom. The second kappa shape index (κ2) is 11.5. The zero-order chi connectivity index (χ0) is 24.5. The zero-order valence-electron chi connectivity index (χ0n) is 21.0. The number of hydrogen-bond donors (Lipinski definition) is 1. The molecule has 2 aliphatic rings. The molecule has 5 rings (SSSR count). The first-order chi connectivity index (χ1) is 16.9. The Kier molecular flexibility index (Phi) is 8.78. The highest BCUT2D eigenvalue weighted by Crippen LogP contribution is 2.50. The Bertz CT molecular complexity index is 1070. The average Bonchev–Trinajstić information content (AvgIpc) is 3.68. The van der Waals surface area contributed by atoms with Crippen molar-refractivity contribution in [2.75, 3.05) is 20.6 Å². The van der Waals surface area contributed by atoms with Crippen LogP contribution in [0.3, 0.4) is 0 Å². The van der Waals surface area contributed by atoms with E-state index in [4.69, 9.17) is 4.74 Å². The van der Waals surface area contributed by atoms with Crippen LogP contribution in [0.15, 0.2) is 65.4 Å². The molecule has 2 heterocycles. The maximum atomic E-state index is 13.6. The molecule has 3 aromatic rings. The van der Waals surface area contributed by atoms with Gasteiger partial charge in [-0.2, -0.15) is 0 Å². The molecule has 0 spiro atoms. The van der Waals surface area contributed by atoms with Gasteiger partial charge in [0.2, 0.25) is 5.60 Å². The molecule has 0 aliphatic heterocycles. The molecule has 194 valence electrons. The van der Waals surface area contributed by atoms with E-state index < -0.39 is 11.6 Å². The number of aryl methyl sites for hydroxylation is 1. The SMILES string of the molecule is C[N+](C)(CCCCc1ccccc1)C1CC2CCC1C2OC(=O)C(O)(c1cccs1)c1cccs1.[Br-]. The molecule has 1 N–H and O–H groups in total. The number of thiophene rings is 2. The number of aliphatic hydroxyl groups is 1. The van der Waals surface area contributed by atoms with E-state index in [2.05, 4.69) is 44.4 Å². The molecular weight excluding hydrogens is 554 g/mol.